The Balaban J connectivity index is 2.13. The minimum Gasteiger partial charge on any atom is -0.482 e. The van der Waals surface area contributed by atoms with Crippen LogP contribution < -0.4 is 4.74 Å². The molecule has 0 spiro atoms. The summed E-state index contributed by atoms with van der Waals surface area (Å²) in [5, 5.41) is 14.5. The van der Waals surface area contributed by atoms with Gasteiger partial charge in [-0.25, -0.2) is 0 Å². The molecule has 94 valence electrons. The largest absolute Gasteiger partial charge is 0.482 e. The summed E-state index contributed by atoms with van der Waals surface area (Å²) in [4.78, 5) is 14.0. The molecule has 2 rings (SSSR count). The molecule has 1 aromatic carbocycles. The van der Waals surface area contributed by atoms with Gasteiger partial charge in [-0.3, -0.25) is 10.1 Å². The molecule has 0 aliphatic carbocycles. The summed E-state index contributed by atoms with van der Waals surface area (Å²) in [6.45, 7) is 1.68. The Hall–Kier alpha value is -2.15. The Labute approximate surface area is 106 Å². The molecule has 2 aromatic rings. The van der Waals surface area contributed by atoms with Crippen molar-refractivity contribution in [1.29, 1.82) is 0 Å². The smallest absolute Gasteiger partial charge is 0.273 e. The highest BCUT2D eigenvalue weighted by molar-refractivity contribution is 6.32. The van der Waals surface area contributed by atoms with Gasteiger partial charge in [-0.15, -0.1) is 0 Å². The first-order chi connectivity index (χ1) is 8.56. The van der Waals surface area contributed by atoms with E-state index >= 15 is 0 Å². The lowest BCUT2D eigenvalue weighted by Crippen LogP contribution is -1.97. The van der Waals surface area contributed by atoms with Gasteiger partial charge in [0, 0.05) is 6.07 Å². The van der Waals surface area contributed by atoms with Crippen LogP contribution in [-0.2, 0) is 6.61 Å². The summed E-state index contributed by atoms with van der Waals surface area (Å²) >= 11 is 5.86. The Morgan fingerprint density at radius 1 is 1.56 bits per heavy atom. The predicted molar refractivity (Wildman–Crippen MR) is 61.5 cm³/mol. The first kappa shape index (κ1) is 12.3. The van der Waals surface area contributed by atoms with Crippen LogP contribution >= 0.6 is 11.6 Å². The molecule has 0 unspecified atom stereocenters. The average molecular weight is 270 g/mol. The highest BCUT2D eigenvalue weighted by Crippen LogP contribution is 2.29. The van der Waals surface area contributed by atoms with Gasteiger partial charge in [-0.05, 0) is 13.0 Å². The average Bonchev–Trinajstić information content (AvgIpc) is 2.74. The molecular weight excluding hydrogens is 262 g/mol. The number of nitro groups is 1. The topological polar surface area (TPSA) is 91.3 Å². The van der Waals surface area contributed by atoms with Crippen LogP contribution in [-0.4, -0.2) is 15.1 Å². The van der Waals surface area contributed by atoms with Crippen molar-refractivity contribution >= 4 is 17.3 Å². The van der Waals surface area contributed by atoms with Gasteiger partial charge in [0.05, 0.1) is 16.0 Å². The third kappa shape index (κ3) is 2.75. The lowest BCUT2D eigenvalue weighted by Gasteiger charge is -2.04. The third-order valence-corrected chi connectivity index (χ3v) is 2.36. The molecule has 0 bridgehead atoms. The van der Waals surface area contributed by atoms with Gasteiger partial charge in [0.25, 0.3) is 11.6 Å². The second-order valence-corrected chi connectivity index (χ2v) is 3.80. The molecule has 0 saturated heterocycles. The van der Waals surface area contributed by atoms with Crippen molar-refractivity contribution in [3.05, 3.63) is 45.1 Å². The van der Waals surface area contributed by atoms with E-state index < -0.39 is 4.92 Å². The SMILES string of the molecule is Cc1noc(COc2cc([N+](=O)[O-])ccc2Cl)n1. The summed E-state index contributed by atoms with van der Waals surface area (Å²) < 4.78 is 10.1. The number of nitrogens with zero attached hydrogens (tertiary/aromatic N) is 3. The Bertz CT molecular complexity index is 584. The second kappa shape index (κ2) is 5.01. The molecule has 18 heavy (non-hydrogen) atoms. The first-order valence-corrected chi connectivity index (χ1v) is 5.30. The predicted octanol–water partition coefficient (Wildman–Crippen LogP) is 2.52. The molecule has 0 saturated carbocycles. The lowest BCUT2D eigenvalue weighted by atomic mass is 10.3. The highest BCUT2D eigenvalue weighted by atomic mass is 35.5. The van der Waals surface area contributed by atoms with Crippen molar-refractivity contribution in [3.8, 4) is 5.75 Å². The van der Waals surface area contributed by atoms with Crippen LogP contribution in [0.15, 0.2) is 22.7 Å². The third-order valence-electron chi connectivity index (χ3n) is 2.05. The maximum Gasteiger partial charge on any atom is 0.273 e. The van der Waals surface area contributed by atoms with Crippen LogP contribution in [0.2, 0.25) is 5.02 Å². The zero-order valence-corrected chi connectivity index (χ0v) is 10.0. The lowest BCUT2D eigenvalue weighted by molar-refractivity contribution is -0.384. The molecule has 0 amide bonds. The Morgan fingerprint density at radius 2 is 2.33 bits per heavy atom. The van der Waals surface area contributed by atoms with Gasteiger partial charge in [0.2, 0.25) is 0 Å². The molecule has 0 aliphatic rings. The van der Waals surface area contributed by atoms with E-state index in [9.17, 15) is 10.1 Å². The number of benzene rings is 1. The summed E-state index contributed by atoms with van der Waals surface area (Å²) in [6, 6.07) is 3.94. The monoisotopic (exact) mass is 269 g/mol. The van der Waals surface area contributed by atoms with Crippen molar-refractivity contribution in [2.75, 3.05) is 0 Å². The van der Waals surface area contributed by atoms with Gasteiger partial charge < -0.3 is 9.26 Å². The maximum atomic E-state index is 10.6. The van der Waals surface area contributed by atoms with Gasteiger partial charge in [-0.1, -0.05) is 16.8 Å². The molecule has 7 nitrogen and oxygen atoms in total. The van der Waals surface area contributed by atoms with E-state index in [4.69, 9.17) is 20.9 Å². The molecule has 8 heteroatoms. The van der Waals surface area contributed by atoms with Gasteiger partial charge in [-0.2, -0.15) is 4.98 Å². The number of nitro benzene ring substituents is 1. The Morgan fingerprint density at radius 3 is 2.94 bits per heavy atom. The normalized spacial score (nSPS) is 10.3. The molecule has 0 aliphatic heterocycles. The standard InChI is InChI=1S/C10H8ClN3O4/c1-6-12-10(18-13-6)5-17-9-4-7(14(15)16)2-3-8(9)11/h2-4H,5H2,1H3. The molecular formula is C10H8ClN3O4. The number of ether oxygens (including phenoxy) is 1. The van der Waals surface area contributed by atoms with Crippen molar-refractivity contribution < 1.29 is 14.2 Å². The van der Waals surface area contributed by atoms with Gasteiger partial charge in [0.1, 0.15) is 5.75 Å². The van der Waals surface area contributed by atoms with E-state index in [1.54, 1.807) is 6.92 Å². The fourth-order valence-electron chi connectivity index (χ4n) is 1.25. The zero-order chi connectivity index (χ0) is 13.1. The van der Waals surface area contributed by atoms with Crippen LogP contribution in [0.4, 0.5) is 5.69 Å². The van der Waals surface area contributed by atoms with E-state index in [0.29, 0.717) is 5.82 Å². The molecule has 0 fully saturated rings. The van der Waals surface area contributed by atoms with Crippen molar-refractivity contribution in [3.63, 3.8) is 0 Å². The number of aryl methyl sites for hydroxylation is 1. The first-order valence-electron chi connectivity index (χ1n) is 4.92. The molecule has 1 heterocycles. The fourth-order valence-corrected chi connectivity index (χ4v) is 1.43. The van der Waals surface area contributed by atoms with Gasteiger partial charge >= 0.3 is 0 Å². The van der Waals surface area contributed by atoms with E-state index in [1.165, 1.54) is 18.2 Å². The summed E-state index contributed by atoms with van der Waals surface area (Å²) in [6.07, 6.45) is 0. The minimum atomic E-state index is -0.528. The van der Waals surface area contributed by atoms with Crippen LogP contribution in [0.3, 0.4) is 0 Å². The van der Waals surface area contributed by atoms with E-state index in [-0.39, 0.29) is 29.0 Å². The van der Waals surface area contributed by atoms with E-state index in [2.05, 4.69) is 10.1 Å². The fraction of sp³-hybridized carbons (Fsp3) is 0.200. The van der Waals surface area contributed by atoms with E-state index in [1.807, 2.05) is 0 Å². The Kier molecular flexibility index (Phi) is 3.42. The summed E-state index contributed by atoms with van der Waals surface area (Å²) in [5.74, 6) is 0.954. The second-order valence-electron chi connectivity index (χ2n) is 3.40. The van der Waals surface area contributed by atoms with Crippen LogP contribution in [0.1, 0.15) is 11.7 Å². The number of hydrogen-bond acceptors (Lipinski definition) is 6. The number of halogens is 1. The quantitative estimate of drug-likeness (QED) is 0.625. The maximum absolute atomic E-state index is 10.6. The van der Waals surface area contributed by atoms with Crippen LogP contribution in [0.25, 0.3) is 0 Å². The summed E-state index contributed by atoms with van der Waals surface area (Å²) in [5.41, 5.74) is -0.101. The minimum absolute atomic E-state index is 0.00171. The molecule has 0 radical (unpaired) electrons. The van der Waals surface area contributed by atoms with Gasteiger partial charge in [0.15, 0.2) is 12.4 Å². The van der Waals surface area contributed by atoms with Crippen LogP contribution in [0, 0.1) is 17.0 Å². The molecule has 0 N–H and O–H groups in total. The number of non-ortho nitro benzene ring substituents is 1. The molecule has 0 atom stereocenters. The number of rotatable bonds is 4. The summed E-state index contributed by atoms with van der Waals surface area (Å²) in [7, 11) is 0. The highest BCUT2D eigenvalue weighted by Gasteiger charge is 2.12. The van der Waals surface area contributed by atoms with Crippen LogP contribution in [0.5, 0.6) is 5.75 Å². The molecule has 1 aromatic heterocycles. The zero-order valence-electron chi connectivity index (χ0n) is 9.29. The number of hydrogen-bond donors (Lipinski definition) is 0. The van der Waals surface area contributed by atoms with Crippen molar-refractivity contribution in [2.45, 2.75) is 13.5 Å². The van der Waals surface area contributed by atoms with E-state index in [0.717, 1.165) is 0 Å². The van der Waals surface area contributed by atoms with Crippen molar-refractivity contribution in [2.24, 2.45) is 0 Å². The number of aromatic nitrogens is 2. The van der Waals surface area contributed by atoms with Crippen molar-refractivity contribution in [1.82, 2.24) is 10.1 Å².